The zero-order valence-corrected chi connectivity index (χ0v) is 10.4. The van der Waals surface area contributed by atoms with E-state index in [4.69, 9.17) is 4.74 Å². The monoisotopic (exact) mass is 224 g/mol. The predicted molar refractivity (Wildman–Crippen MR) is 66.1 cm³/mol. The molecule has 0 amide bonds. The number of aromatic nitrogens is 2. The van der Waals surface area contributed by atoms with Gasteiger partial charge in [0, 0.05) is 46.1 Å². The van der Waals surface area contributed by atoms with E-state index in [1.54, 1.807) is 7.11 Å². The fraction of sp³-hybridized carbons (Fsp3) is 0.636. The maximum atomic E-state index is 5.02. The Labute approximate surface area is 96.8 Å². The van der Waals surface area contributed by atoms with Crippen LogP contribution in [0.15, 0.2) is 6.07 Å². The van der Waals surface area contributed by atoms with Gasteiger partial charge in [0.15, 0.2) is 0 Å². The van der Waals surface area contributed by atoms with Gasteiger partial charge in [0.25, 0.3) is 0 Å². The second-order valence-electron chi connectivity index (χ2n) is 3.71. The van der Waals surface area contributed by atoms with Crippen LogP contribution in [0.1, 0.15) is 12.1 Å². The second kappa shape index (κ2) is 6.27. The lowest BCUT2D eigenvalue weighted by molar-refractivity contribution is 0.196. The minimum Gasteiger partial charge on any atom is -0.385 e. The first-order valence-corrected chi connectivity index (χ1v) is 5.41. The minimum absolute atomic E-state index is 0.661. The molecule has 1 heterocycles. The molecule has 90 valence electrons. The van der Waals surface area contributed by atoms with Gasteiger partial charge in [-0.2, -0.15) is 4.98 Å². The lowest BCUT2D eigenvalue weighted by Gasteiger charge is -2.18. The molecule has 0 aliphatic carbocycles. The molecule has 0 fully saturated rings. The highest BCUT2D eigenvalue weighted by molar-refractivity contribution is 5.43. The van der Waals surface area contributed by atoms with E-state index in [0.29, 0.717) is 5.95 Å². The third-order valence-electron chi connectivity index (χ3n) is 2.30. The number of ether oxygens (including phenoxy) is 1. The first-order valence-electron chi connectivity index (χ1n) is 5.41. The zero-order chi connectivity index (χ0) is 12.0. The molecule has 1 rings (SSSR count). The molecular formula is C11H20N4O. The summed E-state index contributed by atoms with van der Waals surface area (Å²) in [5.74, 6) is 1.60. The summed E-state index contributed by atoms with van der Waals surface area (Å²) < 4.78 is 5.02. The van der Waals surface area contributed by atoms with Crippen molar-refractivity contribution in [3.8, 4) is 0 Å². The van der Waals surface area contributed by atoms with Crippen LogP contribution < -0.4 is 10.2 Å². The summed E-state index contributed by atoms with van der Waals surface area (Å²) >= 11 is 0. The number of rotatable bonds is 6. The van der Waals surface area contributed by atoms with Crippen LogP contribution in [0.25, 0.3) is 0 Å². The molecule has 0 atom stereocenters. The Hall–Kier alpha value is -1.36. The van der Waals surface area contributed by atoms with E-state index >= 15 is 0 Å². The van der Waals surface area contributed by atoms with Crippen molar-refractivity contribution >= 4 is 11.8 Å². The number of hydrogen-bond donors (Lipinski definition) is 1. The van der Waals surface area contributed by atoms with Gasteiger partial charge in [-0.15, -0.1) is 0 Å². The molecule has 0 unspecified atom stereocenters. The normalized spacial score (nSPS) is 10.2. The highest BCUT2D eigenvalue weighted by Crippen LogP contribution is 2.13. The van der Waals surface area contributed by atoms with E-state index in [2.05, 4.69) is 20.2 Å². The largest absolute Gasteiger partial charge is 0.385 e. The first-order chi connectivity index (χ1) is 7.67. The average Bonchev–Trinajstić information content (AvgIpc) is 2.28. The minimum atomic E-state index is 0.661. The Morgan fingerprint density at radius 1 is 1.44 bits per heavy atom. The van der Waals surface area contributed by atoms with Gasteiger partial charge in [-0.3, -0.25) is 0 Å². The van der Waals surface area contributed by atoms with Crippen molar-refractivity contribution in [2.75, 3.05) is 44.6 Å². The van der Waals surface area contributed by atoms with E-state index in [1.165, 1.54) is 0 Å². The van der Waals surface area contributed by atoms with E-state index in [0.717, 1.165) is 31.1 Å². The molecule has 16 heavy (non-hydrogen) atoms. The molecule has 1 N–H and O–H groups in total. The Balaban J connectivity index is 2.66. The van der Waals surface area contributed by atoms with Crippen LogP contribution in [0.3, 0.4) is 0 Å². The standard InChI is InChI=1S/C11H20N4O/c1-9-8-10(14-11(12-2)13-9)15(3)6-5-7-16-4/h8H,5-7H2,1-4H3,(H,12,13,14). The number of aryl methyl sites for hydroxylation is 1. The fourth-order valence-electron chi connectivity index (χ4n) is 1.42. The first kappa shape index (κ1) is 12.7. The highest BCUT2D eigenvalue weighted by Gasteiger charge is 2.05. The van der Waals surface area contributed by atoms with Crippen LogP contribution in [-0.4, -0.2) is 44.3 Å². The Morgan fingerprint density at radius 2 is 2.19 bits per heavy atom. The Kier molecular flexibility index (Phi) is 4.98. The van der Waals surface area contributed by atoms with Crippen LogP contribution in [0.5, 0.6) is 0 Å². The number of nitrogens with zero attached hydrogens (tertiary/aromatic N) is 3. The van der Waals surface area contributed by atoms with Gasteiger partial charge < -0.3 is 15.0 Å². The number of methoxy groups -OCH3 is 1. The quantitative estimate of drug-likeness (QED) is 0.738. The summed E-state index contributed by atoms with van der Waals surface area (Å²) in [6, 6.07) is 1.98. The van der Waals surface area contributed by atoms with Crippen LogP contribution >= 0.6 is 0 Å². The van der Waals surface area contributed by atoms with Crippen molar-refractivity contribution in [3.63, 3.8) is 0 Å². The molecule has 1 aromatic rings. The molecule has 0 bridgehead atoms. The van der Waals surface area contributed by atoms with Gasteiger partial charge in [-0.25, -0.2) is 4.98 Å². The molecular weight excluding hydrogens is 204 g/mol. The third-order valence-corrected chi connectivity index (χ3v) is 2.30. The summed E-state index contributed by atoms with van der Waals surface area (Å²) in [6.07, 6.45) is 0.991. The molecule has 0 aromatic carbocycles. The lowest BCUT2D eigenvalue weighted by atomic mass is 10.3. The van der Waals surface area contributed by atoms with Crippen molar-refractivity contribution in [3.05, 3.63) is 11.8 Å². The van der Waals surface area contributed by atoms with E-state index in [9.17, 15) is 0 Å². The molecule has 1 aromatic heterocycles. The lowest BCUT2D eigenvalue weighted by Crippen LogP contribution is -2.21. The van der Waals surface area contributed by atoms with Gasteiger partial charge in [0.2, 0.25) is 5.95 Å². The summed E-state index contributed by atoms with van der Waals surface area (Å²) in [4.78, 5) is 10.8. The summed E-state index contributed by atoms with van der Waals surface area (Å²) in [7, 11) is 5.56. The highest BCUT2D eigenvalue weighted by atomic mass is 16.5. The molecule has 0 aliphatic rings. The summed E-state index contributed by atoms with van der Waals surface area (Å²) in [6.45, 7) is 3.66. The van der Waals surface area contributed by atoms with Gasteiger partial charge in [-0.1, -0.05) is 0 Å². The Bertz CT molecular complexity index is 330. The summed E-state index contributed by atoms with van der Waals surface area (Å²) in [5, 5.41) is 2.96. The van der Waals surface area contributed by atoms with Crippen molar-refractivity contribution in [1.29, 1.82) is 0 Å². The number of nitrogens with one attached hydrogen (secondary N) is 1. The van der Waals surface area contributed by atoms with Crippen molar-refractivity contribution in [2.24, 2.45) is 0 Å². The fourth-order valence-corrected chi connectivity index (χ4v) is 1.42. The smallest absolute Gasteiger partial charge is 0.224 e. The zero-order valence-electron chi connectivity index (χ0n) is 10.4. The molecule has 0 aliphatic heterocycles. The Morgan fingerprint density at radius 3 is 2.81 bits per heavy atom. The molecule has 0 spiro atoms. The van der Waals surface area contributed by atoms with Crippen molar-refractivity contribution < 1.29 is 4.74 Å². The van der Waals surface area contributed by atoms with Crippen LogP contribution in [0.4, 0.5) is 11.8 Å². The van der Waals surface area contributed by atoms with E-state index in [1.807, 2.05) is 27.1 Å². The number of hydrogen-bond acceptors (Lipinski definition) is 5. The van der Waals surface area contributed by atoms with Gasteiger partial charge in [0.05, 0.1) is 0 Å². The predicted octanol–water partition coefficient (Wildman–Crippen LogP) is 1.30. The molecule has 0 saturated carbocycles. The molecule has 0 radical (unpaired) electrons. The summed E-state index contributed by atoms with van der Waals surface area (Å²) in [5.41, 5.74) is 0.966. The third kappa shape index (κ3) is 3.66. The van der Waals surface area contributed by atoms with E-state index in [-0.39, 0.29) is 0 Å². The second-order valence-corrected chi connectivity index (χ2v) is 3.71. The van der Waals surface area contributed by atoms with Crippen LogP contribution in [0.2, 0.25) is 0 Å². The topological polar surface area (TPSA) is 50.3 Å². The molecule has 0 saturated heterocycles. The molecule has 5 heteroatoms. The van der Waals surface area contributed by atoms with Gasteiger partial charge in [-0.05, 0) is 13.3 Å². The van der Waals surface area contributed by atoms with E-state index < -0.39 is 0 Å². The maximum absolute atomic E-state index is 5.02. The van der Waals surface area contributed by atoms with Gasteiger partial charge >= 0.3 is 0 Å². The molecule has 5 nitrogen and oxygen atoms in total. The van der Waals surface area contributed by atoms with Crippen LogP contribution in [-0.2, 0) is 4.74 Å². The van der Waals surface area contributed by atoms with Crippen molar-refractivity contribution in [1.82, 2.24) is 9.97 Å². The average molecular weight is 224 g/mol. The van der Waals surface area contributed by atoms with Crippen LogP contribution in [0, 0.1) is 6.92 Å². The SMILES string of the molecule is CNc1nc(C)cc(N(C)CCCOC)n1. The van der Waals surface area contributed by atoms with Crippen molar-refractivity contribution in [2.45, 2.75) is 13.3 Å². The maximum Gasteiger partial charge on any atom is 0.224 e. The van der Waals surface area contributed by atoms with Gasteiger partial charge in [0.1, 0.15) is 5.82 Å². The number of anilines is 2.